The lowest BCUT2D eigenvalue weighted by Gasteiger charge is -2.02. The maximum absolute atomic E-state index is 12.4. The minimum absolute atomic E-state index is 0.320. The third-order valence-corrected chi connectivity index (χ3v) is 1.66. The van der Waals surface area contributed by atoms with E-state index >= 15 is 0 Å². The lowest BCUT2D eigenvalue weighted by molar-refractivity contribution is 0.268. The summed E-state index contributed by atoms with van der Waals surface area (Å²) >= 11 is 0. The lowest BCUT2D eigenvalue weighted by Crippen LogP contribution is -1.94. The van der Waals surface area contributed by atoms with Crippen molar-refractivity contribution in [3.05, 3.63) is 48.4 Å². The van der Waals surface area contributed by atoms with Gasteiger partial charge in [0.1, 0.15) is 18.1 Å². The van der Waals surface area contributed by atoms with Crippen LogP contribution in [0, 0.1) is 5.95 Å². The van der Waals surface area contributed by atoms with Gasteiger partial charge in [0.25, 0.3) is 0 Å². The van der Waals surface area contributed by atoms with Crippen molar-refractivity contribution in [2.75, 3.05) is 0 Å². The molecule has 0 fully saturated rings. The van der Waals surface area contributed by atoms with Crippen molar-refractivity contribution in [2.24, 2.45) is 0 Å². The number of halogens is 1. The van der Waals surface area contributed by atoms with Gasteiger partial charge in [-0.25, -0.2) is 4.98 Å². The predicted molar refractivity (Wildman–Crippen MR) is 47.2 cm³/mol. The monoisotopic (exact) mass is 193 g/mol. The van der Waals surface area contributed by atoms with Gasteiger partial charge in [-0.3, -0.25) is 0 Å². The quantitative estimate of drug-likeness (QED) is 0.702. The molecule has 0 saturated carbocycles. The maximum Gasteiger partial charge on any atom is 0.213 e. The minimum atomic E-state index is -0.518. The zero-order valence-electron chi connectivity index (χ0n) is 7.31. The molecule has 14 heavy (non-hydrogen) atoms. The topological polar surface area (TPSA) is 35.3 Å². The fraction of sp³-hybridized carbons (Fsp3) is 0.100. The van der Waals surface area contributed by atoms with Gasteiger partial charge in [-0.05, 0) is 24.3 Å². The molecule has 0 unspecified atom stereocenters. The summed E-state index contributed by atoms with van der Waals surface area (Å²) in [6.07, 6.45) is 2.90. The molecule has 0 atom stereocenters. The van der Waals surface area contributed by atoms with Gasteiger partial charge in [0.15, 0.2) is 0 Å². The average Bonchev–Trinajstić information content (AvgIpc) is 2.70. The normalized spacial score (nSPS) is 10.1. The van der Waals surface area contributed by atoms with E-state index in [4.69, 9.17) is 9.15 Å². The largest absolute Gasteiger partial charge is 0.484 e. The van der Waals surface area contributed by atoms with Crippen molar-refractivity contribution in [1.82, 2.24) is 4.98 Å². The summed E-state index contributed by atoms with van der Waals surface area (Å²) in [7, 11) is 0. The van der Waals surface area contributed by atoms with E-state index < -0.39 is 5.95 Å². The van der Waals surface area contributed by atoms with Crippen LogP contribution in [0.4, 0.5) is 4.39 Å². The van der Waals surface area contributed by atoms with Gasteiger partial charge in [-0.15, -0.1) is 0 Å². The highest BCUT2D eigenvalue weighted by Gasteiger charge is 1.98. The van der Waals surface area contributed by atoms with Crippen LogP contribution >= 0.6 is 0 Å². The van der Waals surface area contributed by atoms with Crippen molar-refractivity contribution in [3.63, 3.8) is 0 Å². The van der Waals surface area contributed by atoms with Crippen LogP contribution in [0.15, 0.2) is 41.1 Å². The van der Waals surface area contributed by atoms with Crippen LogP contribution in [0.5, 0.6) is 5.75 Å². The van der Waals surface area contributed by atoms with Gasteiger partial charge < -0.3 is 9.15 Å². The second-order valence-corrected chi connectivity index (χ2v) is 2.68. The average molecular weight is 193 g/mol. The Kier molecular flexibility index (Phi) is 2.44. The Hall–Kier alpha value is -1.84. The standard InChI is InChI=1S/C10H8FNO2/c11-10-4-3-8(6-12-10)14-7-9-2-1-5-13-9/h1-6H,7H2. The van der Waals surface area contributed by atoms with E-state index in [1.165, 1.54) is 18.3 Å². The molecule has 2 aromatic heterocycles. The van der Waals surface area contributed by atoms with E-state index in [0.717, 1.165) is 0 Å². The number of hydrogen-bond acceptors (Lipinski definition) is 3. The lowest BCUT2D eigenvalue weighted by atomic mass is 10.4. The zero-order chi connectivity index (χ0) is 9.80. The van der Waals surface area contributed by atoms with Crippen LogP contribution in [-0.4, -0.2) is 4.98 Å². The molecule has 0 aromatic carbocycles. The SMILES string of the molecule is Fc1ccc(OCc2ccco2)cn1. The van der Waals surface area contributed by atoms with Crippen molar-refractivity contribution >= 4 is 0 Å². The molecule has 3 nitrogen and oxygen atoms in total. The third-order valence-electron chi connectivity index (χ3n) is 1.66. The molecule has 0 amide bonds. The highest BCUT2D eigenvalue weighted by Crippen LogP contribution is 2.11. The molecule has 0 aliphatic rings. The predicted octanol–water partition coefficient (Wildman–Crippen LogP) is 2.39. The van der Waals surface area contributed by atoms with Gasteiger partial charge >= 0.3 is 0 Å². The fourth-order valence-electron chi connectivity index (χ4n) is 0.997. The highest BCUT2D eigenvalue weighted by atomic mass is 19.1. The molecule has 0 N–H and O–H groups in total. The molecule has 0 saturated heterocycles. The Morgan fingerprint density at radius 3 is 2.93 bits per heavy atom. The van der Waals surface area contributed by atoms with E-state index in [0.29, 0.717) is 18.1 Å². The van der Waals surface area contributed by atoms with Crippen molar-refractivity contribution in [3.8, 4) is 5.75 Å². The minimum Gasteiger partial charge on any atom is -0.484 e. The van der Waals surface area contributed by atoms with Gasteiger partial charge in [0.05, 0.1) is 12.5 Å². The summed E-state index contributed by atoms with van der Waals surface area (Å²) < 4.78 is 22.8. The smallest absolute Gasteiger partial charge is 0.213 e. The number of pyridine rings is 1. The van der Waals surface area contributed by atoms with Crippen LogP contribution in [0.25, 0.3) is 0 Å². The summed E-state index contributed by atoms with van der Waals surface area (Å²) in [4.78, 5) is 3.46. The van der Waals surface area contributed by atoms with Gasteiger partial charge in [-0.1, -0.05) is 0 Å². The zero-order valence-corrected chi connectivity index (χ0v) is 7.31. The Labute approximate surface area is 80.1 Å². The molecular formula is C10H8FNO2. The molecule has 0 spiro atoms. The maximum atomic E-state index is 12.4. The Bertz CT molecular complexity index is 383. The van der Waals surface area contributed by atoms with E-state index in [1.54, 1.807) is 18.4 Å². The first-order valence-corrected chi connectivity index (χ1v) is 4.11. The first-order valence-electron chi connectivity index (χ1n) is 4.11. The number of ether oxygens (including phenoxy) is 1. The summed E-state index contributed by atoms with van der Waals surface area (Å²) in [5.41, 5.74) is 0. The second kappa shape index (κ2) is 3.91. The number of hydrogen-bond donors (Lipinski definition) is 0. The Morgan fingerprint density at radius 2 is 2.29 bits per heavy atom. The first-order chi connectivity index (χ1) is 6.84. The van der Waals surface area contributed by atoms with Crippen molar-refractivity contribution < 1.29 is 13.5 Å². The molecular weight excluding hydrogens is 185 g/mol. The van der Waals surface area contributed by atoms with Crippen LogP contribution in [0.3, 0.4) is 0 Å². The number of furan rings is 1. The first kappa shape index (κ1) is 8.74. The Morgan fingerprint density at radius 1 is 1.36 bits per heavy atom. The van der Waals surface area contributed by atoms with E-state index in [9.17, 15) is 4.39 Å². The molecule has 2 aromatic rings. The van der Waals surface area contributed by atoms with Crippen molar-refractivity contribution in [2.45, 2.75) is 6.61 Å². The number of aromatic nitrogens is 1. The van der Waals surface area contributed by atoms with Gasteiger partial charge in [0.2, 0.25) is 5.95 Å². The summed E-state index contributed by atoms with van der Waals surface area (Å²) in [6, 6.07) is 6.35. The fourth-order valence-corrected chi connectivity index (χ4v) is 0.997. The van der Waals surface area contributed by atoms with Crippen molar-refractivity contribution in [1.29, 1.82) is 0 Å². The molecule has 0 aliphatic heterocycles. The third kappa shape index (κ3) is 2.10. The van der Waals surface area contributed by atoms with Crippen LogP contribution in [-0.2, 0) is 6.61 Å². The van der Waals surface area contributed by atoms with Crippen LogP contribution < -0.4 is 4.74 Å². The molecule has 2 rings (SSSR count). The number of nitrogens with zero attached hydrogens (tertiary/aromatic N) is 1. The molecule has 4 heteroatoms. The highest BCUT2D eigenvalue weighted by molar-refractivity contribution is 5.16. The van der Waals surface area contributed by atoms with Crippen LogP contribution in [0.1, 0.15) is 5.76 Å². The summed E-state index contributed by atoms with van der Waals surface area (Å²) in [5.74, 6) is 0.715. The van der Waals surface area contributed by atoms with E-state index in [1.807, 2.05) is 0 Å². The Balaban J connectivity index is 1.95. The molecule has 0 radical (unpaired) electrons. The van der Waals surface area contributed by atoms with E-state index in [-0.39, 0.29) is 0 Å². The molecule has 0 bridgehead atoms. The van der Waals surface area contributed by atoms with Gasteiger partial charge in [-0.2, -0.15) is 4.39 Å². The van der Waals surface area contributed by atoms with Gasteiger partial charge in [0, 0.05) is 0 Å². The molecule has 2 heterocycles. The number of rotatable bonds is 3. The summed E-state index contributed by atoms with van der Waals surface area (Å²) in [6.45, 7) is 0.320. The molecule has 72 valence electrons. The van der Waals surface area contributed by atoms with E-state index in [2.05, 4.69) is 4.98 Å². The summed E-state index contributed by atoms with van der Waals surface area (Å²) in [5, 5.41) is 0. The van der Waals surface area contributed by atoms with Crippen LogP contribution in [0.2, 0.25) is 0 Å². The molecule has 0 aliphatic carbocycles. The second-order valence-electron chi connectivity index (χ2n) is 2.68.